The molecule has 7 heteroatoms. The molecule has 1 fully saturated rings. The van der Waals surface area contributed by atoms with Crippen molar-refractivity contribution in [3.63, 3.8) is 0 Å². The zero-order valence-electron chi connectivity index (χ0n) is 10.7. The molecule has 1 aromatic carbocycles. The van der Waals surface area contributed by atoms with E-state index in [-0.39, 0.29) is 12.1 Å². The first-order valence-corrected chi connectivity index (χ1v) is 9.04. The van der Waals surface area contributed by atoms with Crippen LogP contribution in [0.3, 0.4) is 0 Å². The van der Waals surface area contributed by atoms with Gasteiger partial charge in [0.05, 0.1) is 4.90 Å². The zero-order valence-corrected chi connectivity index (χ0v) is 14.7. The van der Waals surface area contributed by atoms with E-state index in [1.165, 1.54) is 0 Å². The van der Waals surface area contributed by atoms with Gasteiger partial charge in [0.25, 0.3) is 0 Å². The monoisotopic (exact) mass is 410 g/mol. The van der Waals surface area contributed by atoms with Crippen LogP contribution in [0, 0.1) is 0 Å². The number of rotatable bonds is 2. The summed E-state index contributed by atoms with van der Waals surface area (Å²) in [6.45, 7) is 4.97. The lowest BCUT2D eigenvalue weighted by molar-refractivity contribution is 0.263. The fraction of sp³-hybridized carbons (Fsp3) is 0.500. The highest BCUT2D eigenvalue weighted by molar-refractivity contribution is 9.11. The number of hydrogen-bond donors (Lipinski definition) is 1. The SMILES string of the molecule is CC1CN(S(=O)(=O)c2cc(Br)ccc2Br)CC(C)N1. The highest BCUT2D eigenvalue weighted by Gasteiger charge is 2.32. The Morgan fingerprint density at radius 1 is 1.21 bits per heavy atom. The number of piperazine rings is 1. The van der Waals surface area contributed by atoms with Gasteiger partial charge in [0, 0.05) is 34.1 Å². The van der Waals surface area contributed by atoms with Gasteiger partial charge in [-0.3, -0.25) is 0 Å². The normalized spacial score (nSPS) is 25.5. The van der Waals surface area contributed by atoms with Gasteiger partial charge in [0.15, 0.2) is 0 Å². The maximum Gasteiger partial charge on any atom is 0.244 e. The number of sulfonamides is 1. The van der Waals surface area contributed by atoms with Crippen molar-refractivity contribution in [3.8, 4) is 0 Å². The summed E-state index contributed by atoms with van der Waals surface area (Å²) in [5.74, 6) is 0. The van der Waals surface area contributed by atoms with Gasteiger partial charge < -0.3 is 5.32 Å². The van der Waals surface area contributed by atoms with E-state index in [1.807, 2.05) is 19.9 Å². The first-order chi connectivity index (χ1) is 8.80. The topological polar surface area (TPSA) is 49.4 Å². The van der Waals surface area contributed by atoms with Crippen molar-refractivity contribution in [2.75, 3.05) is 13.1 Å². The summed E-state index contributed by atoms with van der Waals surface area (Å²) in [7, 11) is -3.46. The van der Waals surface area contributed by atoms with Crippen molar-refractivity contribution in [1.82, 2.24) is 9.62 Å². The molecule has 4 nitrogen and oxygen atoms in total. The number of benzene rings is 1. The third-order valence-electron chi connectivity index (χ3n) is 3.04. The Hall–Kier alpha value is 0.0500. The van der Waals surface area contributed by atoms with Gasteiger partial charge >= 0.3 is 0 Å². The van der Waals surface area contributed by atoms with Crippen LogP contribution >= 0.6 is 31.9 Å². The zero-order chi connectivity index (χ0) is 14.2. The molecule has 106 valence electrons. The molecular formula is C12H16Br2N2O2S. The van der Waals surface area contributed by atoms with E-state index in [9.17, 15) is 8.42 Å². The van der Waals surface area contributed by atoms with Crippen LogP contribution in [0.2, 0.25) is 0 Å². The van der Waals surface area contributed by atoms with Crippen LogP contribution < -0.4 is 5.32 Å². The molecule has 0 saturated carbocycles. The smallest absolute Gasteiger partial charge is 0.244 e. The lowest BCUT2D eigenvalue weighted by Gasteiger charge is -2.35. The summed E-state index contributed by atoms with van der Waals surface area (Å²) in [5, 5.41) is 3.33. The molecule has 2 atom stereocenters. The predicted octanol–water partition coefficient (Wildman–Crippen LogP) is 2.58. The first-order valence-electron chi connectivity index (χ1n) is 6.02. The number of hydrogen-bond acceptors (Lipinski definition) is 3. The van der Waals surface area contributed by atoms with Crippen LogP contribution in [-0.2, 0) is 10.0 Å². The minimum atomic E-state index is -3.46. The fourth-order valence-corrected chi connectivity index (χ4v) is 5.37. The summed E-state index contributed by atoms with van der Waals surface area (Å²) < 4.78 is 28.3. The van der Waals surface area contributed by atoms with Gasteiger partial charge in [0.2, 0.25) is 10.0 Å². The minimum absolute atomic E-state index is 0.157. The molecule has 1 saturated heterocycles. The maximum absolute atomic E-state index is 12.7. The molecule has 0 aromatic heterocycles. The van der Waals surface area contributed by atoms with Gasteiger partial charge in [-0.05, 0) is 48.0 Å². The lowest BCUT2D eigenvalue weighted by atomic mass is 10.2. The standard InChI is InChI=1S/C12H16Br2N2O2S/c1-8-6-16(7-9(2)15-8)19(17,18)12-5-10(13)3-4-11(12)14/h3-5,8-9,15H,6-7H2,1-2H3. The van der Waals surface area contributed by atoms with Crippen molar-refractivity contribution in [1.29, 1.82) is 0 Å². The van der Waals surface area contributed by atoms with E-state index in [0.717, 1.165) is 4.47 Å². The maximum atomic E-state index is 12.7. The highest BCUT2D eigenvalue weighted by atomic mass is 79.9. The van der Waals surface area contributed by atoms with Crippen molar-refractivity contribution in [3.05, 3.63) is 27.1 Å². The fourth-order valence-electron chi connectivity index (χ4n) is 2.29. The molecule has 0 spiro atoms. The van der Waals surface area contributed by atoms with E-state index in [4.69, 9.17) is 0 Å². The van der Waals surface area contributed by atoms with Crippen molar-refractivity contribution < 1.29 is 8.42 Å². The van der Waals surface area contributed by atoms with E-state index in [0.29, 0.717) is 22.5 Å². The number of nitrogens with one attached hydrogen (secondary N) is 1. The Kier molecular flexibility index (Phi) is 4.72. The second-order valence-electron chi connectivity index (χ2n) is 4.87. The molecule has 19 heavy (non-hydrogen) atoms. The second kappa shape index (κ2) is 5.81. The van der Waals surface area contributed by atoms with Crippen LogP contribution in [0.4, 0.5) is 0 Å². The molecule has 0 radical (unpaired) electrons. The lowest BCUT2D eigenvalue weighted by Crippen LogP contribution is -2.55. The van der Waals surface area contributed by atoms with Crippen LogP contribution in [0.5, 0.6) is 0 Å². The van der Waals surface area contributed by atoms with Gasteiger partial charge in [-0.25, -0.2) is 8.42 Å². The average Bonchev–Trinajstić information content (AvgIpc) is 2.31. The minimum Gasteiger partial charge on any atom is -0.309 e. The van der Waals surface area contributed by atoms with E-state index in [2.05, 4.69) is 37.2 Å². The van der Waals surface area contributed by atoms with E-state index in [1.54, 1.807) is 16.4 Å². The average molecular weight is 412 g/mol. The molecule has 2 rings (SSSR count). The molecule has 1 N–H and O–H groups in total. The predicted molar refractivity (Wildman–Crippen MR) is 82.7 cm³/mol. The molecule has 1 aliphatic rings. The van der Waals surface area contributed by atoms with Crippen LogP contribution in [0.1, 0.15) is 13.8 Å². The van der Waals surface area contributed by atoms with Gasteiger partial charge in [0.1, 0.15) is 0 Å². The van der Waals surface area contributed by atoms with Gasteiger partial charge in [-0.1, -0.05) is 15.9 Å². The third-order valence-corrected chi connectivity index (χ3v) is 6.35. The molecule has 2 unspecified atom stereocenters. The van der Waals surface area contributed by atoms with Crippen molar-refractivity contribution >= 4 is 41.9 Å². The molecule has 0 bridgehead atoms. The highest BCUT2D eigenvalue weighted by Crippen LogP contribution is 2.29. The molecule has 0 amide bonds. The first kappa shape index (κ1) is 15.4. The summed E-state index contributed by atoms with van der Waals surface area (Å²) in [4.78, 5) is 0.308. The van der Waals surface area contributed by atoms with Gasteiger partial charge in [-0.15, -0.1) is 0 Å². The summed E-state index contributed by atoms with van der Waals surface area (Å²) in [6.07, 6.45) is 0. The molecule has 1 heterocycles. The molecular weight excluding hydrogens is 396 g/mol. The Bertz CT molecular complexity index is 567. The quantitative estimate of drug-likeness (QED) is 0.813. The Morgan fingerprint density at radius 3 is 2.37 bits per heavy atom. The largest absolute Gasteiger partial charge is 0.309 e. The second-order valence-corrected chi connectivity index (χ2v) is 8.54. The van der Waals surface area contributed by atoms with Gasteiger partial charge in [-0.2, -0.15) is 4.31 Å². The van der Waals surface area contributed by atoms with Crippen molar-refractivity contribution in [2.45, 2.75) is 30.8 Å². The van der Waals surface area contributed by atoms with Crippen LogP contribution in [0.25, 0.3) is 0 Å². The van der Waals surface area contributed by atoms with Crippen LogP contribution in [0.15, 0.2) is 32.0 Å². The van der Waals surface area contributed by atoms with E-state index < -0.39 is 10.0 Å². The van der Waals surface area contributed by atoms with Crippen LogP contribution in [-0.4, -0.2) is 37.9 Å². The van der Waals surface area contributed by atoms with E-state index >= 15 is 0 Å². The third kappa shape index (κ3) is 3.39. The number of halogens is 2. The molecule has 0 aliphatic carbocycles. The summed E-state index contributed by atoms with van der Waals surface area (Å²) in [6, 6.07) is 5.50. The Labute approximate surface area is 130 Å². The number of nitrogens with zero attached hydrogens (tertiary/aromatic N) is 1. The Morgan fingerprint density at radius 2 is 1.79 bits per heavy atom. The Balaban J connectivity index is 2.39. The summed E-state index contributed by atoms with van der Waals surface area (Å²) in [5.41, 5.74) is 0. The molecule has 1 aromatic rings. The van der Waals surface area contributed by atoms with Crippen molar-refractivity contribution in [2.24, 2.45) is 0 Å². The molecule has 1 aliphatic heterocycles. The summed E-state index contributed by atoms with van der Waals surface area (Å²) >= 11 is 6.64.